The SMILES string of the molecule is O=[N+]([O-])c1ccc(-n2ncc3cnc(Cl)nc32)nc1. The van der Waals surface area contributed by atoms with Crippen LogP contribution in [0.3, 0.4) is 0 Å². The molecule has 0 radical (unpaired) electrons. The van der Waals surface area contributed by atoms with Crippen molar-refractivity contribution in [3.05, 3.63) is 46.1 Å². The van der Waals surface area contributed by atoms with Gasteiger partial charge in [-0.05, 0) is 17.7 Å². The van der Waals surface area contributed by atoms with Gasteiger partial charge in [0.05, 0.1) is 16.5 Å². The average molecular weight is 277 g/mol. The Morgan fingerprint density at radius 1 is 1.21 bits per heavy atom. The van der Waals surface area contributed by atoms with E-state index in [1.54, 1.807) is 12.4 Å². The van der Waals surface area contributed by atoms with Crippen molar-refractivity contribution in [2.24, 2.45) is 0 Å². The minimum atomic E-state index is -0.517. The van der Waals surface area contributed by atoms with E-state index in [0.29, 0.717) is 16.9 Å². The van der Waals surface area contributed by atoms with E-state index >= 15 is 0 Å². The Hall–Kier alpha value is -2.61. The molecule has 3 heterocycles. The Kier molecular flexibility index (Phi) is 2.57. The van der Waals surface area contributed by atoms with Gasteiger partial charge in [-0.25, -0.2) is 9.97 Å². The molecule has 0 spiro atoms. The van der Waals surface area contributed by atoms with Gasteiger partial charge in [0, 0.05) is 12.3 Å². The van der Waals surface area contributed by atoms with E-state index in [2.05, 4.69) is 20.1 Å². The van der Waals surface area contributed by atoms with Gasteiger partial charge in [-0.3, -0.25) is 10.1 Å². The molecule has 19 heavy (non-hydrogen) atoms. The Labute approximate surface area is 110 Å². The molecule has 3 aromatic rings. The summed E-state index contributed by atoms with van der Waals surface area (Å²) in [5.74, 6) is 0.412. The number of pyridine rings is 1. The Bertz CT molecular complexity index is 769. The second-order valence-electron chi connectivity index (χ2n) is 3.61. The summed E-state index contributed by atoms with van der Waals surface area (Å²) in [5.41, 5.74) is 0.397. The van der Waals surface area contributed by atoms with E-state index in [1.807, 2.05) is 0 Å². The first kappa shape index (κ1) is 11.5. The molecular weight excluding hydrogens is 272 g/mol. The van der Waals surface area contributed by atoms with Crippen LogP contribution in [0.5, 0.6) is 0 Å². The van der Waals surface area contributed by atoms with Crippen molar-refractivity contribution >= 4 is 28.3 Å². The fourth-order valence-electron chi connectivity index (χ4n) is 1.58. The van der Waals surface area contributed by atoms with Crippen LogP contribution in [0.4, 0.5) is 5.69 Å². The second kappa shape index (κ2) is 4.25. The van der Waals surface area contributed by atoms with Crippen LogP contribution in [0.15, 0.2) is 30.7 Å². The molecule has 0 saturated heterocycles. The van der Waals surface area contributed by atoms with E-state index in [-0.39, 0.29) is 11.0 Å². The number of hydrogen-bond donors (Lipinski definition) is 0. The lowest BCUT2D eigenvalue weighted by molar-refractivity contribution is -0.385. The average Bonchev–Trinajstić information content (AvgIpc) is 2.81. The van der Waals surface area contributed by atoms with Crippen LogP contribution >= 0.6 is 11.6 Å². The van der Waals surface area contributed by atoms with Crippen LogP contribution in [0.1, 0.15) is 0 Å². The molecule has 0 fully saturated rings. The number of nitro groups is 1. The van der Waals surface area contributed by atoms with Crippen LogP contribution in [-0.4, -0.2) is 29.7 Å². The van der Waals surface area contributed by atoms with Crippen LogP contribution < -0.4 is 0 Å². The zero-order chi connectivity index (χ0) is 13.4. The zero-order valence-corrected chi connectivity index (χ0v) is 10.0. The van der Waals surface area contributed by atoms with E-state index in [1.165, 1.54) is 16.8 Å². The van der Waals surface area contributed by atoms with Gasteiger partial charge in [0.15, 0.2) is 11.5 Å². The molecule has 0 saturated carbocycles. The van der Waals surface area contributed by atoms with E-state index in [0.717, 1.165) is 6.20 Å². The molecule has 0 unspecified atom stereocenters. The van der Waals surface area contributed by atoms with Crippen molar-refractivity contribution in [3.63, 3.8) is 0 Å². The monoisotopic (exact) mass is 276 g/mol. The summed E-state index contributed by atoms with van der Waals surface area (Å²) in [6.07, 6.45) is 4.26. The standard InChI is InChI=1S/C10H5ClN6O2/c11-10-13-3-6-4-14-16(9(6)15-10)8-2-1-7(5-12-8)17(18)19/h1-5H. The van der Waals surface area contributed by atoms with Gasteiger partial charge in [0.1, 0.15) is 6.20 Å². The van der Waals surface area contributed by atoms with Gasteiger partial charge < -0.3 is 0 Å². The highest BCUT2D eigenvalue weighted by Crippen LogP contribution is 2.17. The first-order valence-corrected chi connectivity index (χ1v) is 5.50. The maximum absolute atomic E-state index is 10.6. The zero-order valence-electron chi connectivity index (χ0n) is 9.26. The topological polar surface area (TPSA) is 99.6 Å². The third-order valence-electron chi connectivity index (χ3n) is 2.44. The number of rotatable bonds is 2. The molecule has 9 heteroatoms. The van der Waals surface area contributed by atoms with Gasteiger partial charge >= 0.3 is 0 Å². The van der Waals surface area contributed by atoms with Crippen LogP contribution in [0.25, 0.3) is 16.9 Å². The van der Waals surface area contributed by atoms with E-state index < -0.39 is 4.92 Å². The first-order chi connectivity index (χ1) is 9.15. The molecule has 0 bridgehead atoms. The minimum Gasteiger partial charge on any atom is -0.258 e. The largest absolute Gasteiger partial charge is 0.287 e. The molecule has 3 aromatic heterocycles. The maximum Gasteiger partial charge on any atom is 0.287 e. The van der Waals surface area contributed by atoms with Crippen molar-refractivity contribution in [1.29, 1.82) is 0 Å². The fourth-order valence-corrected chi connectivity index (χ4v) is 1.70. The normalized spacial score (nSPS) is 10.8. The summed E-state index contributed by atoms with van der Waals surface area (Å²) >= 11 is 5.73. The van der Waals surface area contributed by atoms with Gasteiger partial charge in [-0.15, -0.1) is 0 Å². The molecule has 0 aliphatic carbocycles. The van der Waals surface area contributed by atoms with Gasteiger partial charge in [-0.1, -0.05) is 0 Å². The van der Waals surface area contributed by atoms with Gasteiger partial charge in [0.25, 0.3) is 5.69 Å². The fraction of sp³-hybridized carbons (Fsp3) is 0. The van der Waals surface area contributed by atoms with Crippen molar-refractivity contribution in [2.75, 3.05) is 0 Å². The van der Waals surface area contributed by atoms with Crippen LogP contribution in [0, 0.1) is 10.1 Å². The summed E-state index contributed by atoms with van der Waals surface area (Å²) < 4.78 is 1.44. The quantitative estimate of drug-likeness (QED) is 0.402. The van der Waals surface area contributed by atoms with Crippen LogP contribution in [-0.2, 0) is 0 Å². The van der Waals surface area contributed by atoms with E-state index in [9.17, 15) is 10.1 Å². The third kappa shape index (κ3) is 1.97. The molecule has 8 nitrogen and oxygen atoms in total. The molecule has 0 aliphatic heterocycles. The van der Waals surface area contributed by atoms with Crippen molar-refractivity contribution in [2.45, 2.75) is 0 Å². The summed E-state index contributed by atoms with van der Waals surface area (Å²) in [7, 11) is 0. The number of halogens is 1. The smallest absolute Gasteiger partial charge is 0.258 e. The van der Waals surface area contributed by atoms with Crippen molar-refractivity contribution in [1.82, 2.24) is 24.7 Å². The first-order valence-electron chi connectivity index (χ1n) is 5.12. The molecular formula is C10H5ClN6O2. The molecule has 0 atom stereocenters. The molecule has 0 N–H and O–H groups in total. The number of nitrogens with zero attached hydrogens (tertiary/aromatic N) is 6. The van der Waals surface area contributed by atoms with Crippen LogP contribution in [0.2, 0.25) is 5.28 Å². The highest BCUT2D eigenvalue weighted by atomic mass is 35.5. The van der Waals surface area contributed by atoms with Crippen molar-refractivity contribution in [3.8, 4) is 5.82 Å². The Balaban J connectivity index is 2.13. The third-order valence-corrected chi connectivity index (χ3v) is 2.62. The van der Waals surface area contributed by atoms with Crippen molar-refractivity contribution < 1.29 is 4.92 Å². The lowest BCUT2D eigenvalue weighted by Gasteiger charge is -2.01. The summed E-state index contributed by atoms with van der Waals surface area (Å²) in [6.45, 7) is 0. The second-order valence-corrected chi connectivity index (χ2v) is 3.94. The summed E-state index contributed by atoms with van der Waals surface area (Å²) in [4.78, 5) is 21.9. The van der Waals surface area contributed by atoms with Gasteiger partial charge in [-0.2, -0.15) is 14.8 Å². The minimum absolute atomic E-state index is 0.0899. The van der Waals surface area contributed by atoms with Gasteiger partial charge in [0.2, 0.25) is 5.28 Å². The lowest BCUT2D eigenvalue weighted by Crippen LogP contribution is -2.01. The Morgan fingerprint density at radius 3 is 2.74 bits per heavy atom. The molecule has 3 rings (SSSR count). The number of aromatic nitrogens is 5. The maximum atomic E-state index is 10.6. The highest BCUT2D eigenvalue weighted by Gasteiger charge is 2.11. The van der Waals surface area contributed by atoms with E-state index in [4.69, 9.17) is 11.6 Å². The number of hydrogen-bond acceptors (Lipinski definition) is 6. The highest BCUT2D eigenvalue weighted by molar-refractivity contribution is 6.28. The Morgan fingerprint density at radius 2 is 2.05 bits per heavy atom. The summed E-state index contributed by atoms with van der Waals surface area (Å²) in [6, 6.07) is 2.83. The lowest BCUT2D eigenvalue weighted by atomic mass is 10.4. The molecule has 0 amide bonds. The molecule has 94 valence electrons. The molecule has 0 aromatic carbocycles. The predicted octanol–water partition coefficient (Wildman–Crippen LogP) is 1.77. The molecule has 0 aliphatic rings. The number of fused-ring (bicyclic) bond motifs is 1. The summed E-state index contributed by atoms with van der Waals surface area (Å²) in [5, 5.41) is 15.5. The predicted molar refractivity (Wildman–Crippen MR) is 66.1 cm³/mol.